The van der Waals surface area contributed by atoms with Crippen LogP contribution in [-0.2, 0) is 31.6 Å². The van der Waals surface area contributed by atoms with Gasteiger partial charge in [-0.2, -0.15) is 0 Å². The molecule has 2 amide bonds. The predicted molar refractivity (Wildman–Crippen MR) is 146 cm³/mol. The fourth-order valence-electron chi connectivity index (χ4n) is 3.68. The summed E-state index contributed by atoms with van der Waals surface area (Å²) in [6.07, 6.45) is 1.85. The maximum Gasteiger partial charge on any atom is 0.244 e. The van der Waals surface area contributed by atoms with E-state index in [0.29, 0.717) is 5.69 Å². The van der Waals surface area contributed by atoms with Crippen LogP contribution >= 0.6 is 0 Å². The van der Waals surface area contributed by atoms with Crippen LogP contribution in [-0.4, -0.2) is 50.0 Å². The zero-order valence-electron chi connectivity index (χ0n) is 22.8. The van der Waals surface area contributed by atoms with Crippen LogP contribution in [0, 0.1) is 6.92 Å². The van der Waals surface area contributed by atoms with E-state index in [1.807, 2.05) is 57.2 Å². The summed E-state index contributed by atoms with van der Waals surface area (Å²) in [5.74, 6) is -0.724. The molecule has 2 unspecified atom stereocenters. The Kier molecular flexibility index (Phi) is 9.71. The monoisotopic (exact) mass is 515 g/mol. The smallest absolute Gasteiger partial charge is 0.244 e. The molecule has 2 aromatic rings. The lowest BCUT2D eigenvalue weighted by Crippen LogP contribution is -2.52. The molecule has 0 saturated carbocycles. The van der Waals surface area contributed by atoms with Crippen molar-refractivity contribution in [2.75, 3.05) is 17.1 Å². The molecule has 2 aromatic carbocycles. The summed E-state index contributed by atoms with van der Waals surface area (Å²) >= 11 is 0. The lowest BCUT2D eigenvalue weighted by molar-refractivity contribution is -0.139. The summed E-state index contributed by atoms with van der Waals surface area (Å²) in [5.41, 5.74) is 3.32. The number of hydrogen-bond acceptors (Lipinski definition) is 4. The van der Waals surface area contributed by atoms with Crippen molar-refractivity contribution in [2.24, 2.45) is 0 Å². The summed E-state index contributed by atoms with van der Waals surface area (Å²) in [7, 11) is -3.76. The molecule has 0 aliphatic heterocycles. The van der Waals surface area contributed by atoms with Crippen LogP contribution < -0.4 is 9.62 Å². The van der Waals surface area contributed by atoms with Crippen molar-refractivity contribution in [3.8, 4) is 0 Å². The maximum atomic E-state index is 13.6. The van der Waals surface area contributed by atoms with Crippen molar-refractivity contribution in [1.29, 1.82) is 0 Å². The van der Waals surface area contributed by atoms with E-state index in [1.54, 1.807) is 19.1 Å². The van der Waals surface area contributed by atoms with E-state index in [1.165, 1.54) is 4.90 Å². The van der Waals surface area contributed by atoms with Gasteiger partial charge in [0, 0.05) is 12.6 Å². The minimum absolute atomic E-state index is 0.0369. The number of carbonyl (C=O) groups is 2. The van der Waals surface area contributed by atoms with E-state index in [0.717, 1.165) is 33.7 Å². The number of amides is 2. The van der Waals surface area contributed by atoms with Crippen molar-refractivity contribution >= 4 is 27.5 Å². The largest absolute Gasteiger partial charge is 0.352 e. The number of rotatable bonds is 10. The summed E-state index contributed by atoms with van der Waals surface area (Å²) in [4.78, 5) is 28.0. The summed E-state index contributed by atoms with van der Waals surface area (Å²) in [5, 5.41) is 2.93. The molecule has 0 aliphatic rings. The minimum atomic E-state index is -3.76. The van der Waals surface area contributed by atoms with E-state index in [2.05, 4.69) is 26.1 Å². The molecule has 8 heteroatoms. The fourth-order valence-corrected chi connectivity index (χ4v) is 4.53. The Bertz CT molecular complexity index is 1140. The van der Waals surface area contributed by atoms with Crippen molar-refractivity contribution in [1.82, 2.24) is 10.2 Å². The Morgan fingerprint density at radius 2 is 1.53 bits per heavy atom. The van der Waals surface area contributed by atoms with Crippen LogP contribution in [0.1, 0.15) is 64.7 Å². The lowest BCUT2D eigenvalue weighted by atomic mass is 9.87. The van der Waals surface area contributed by atoms with Gasteiger partial charge in [0.15, 0.2) is 0 Å². The molecule has 198 valence electrons. The molecule has 1 N–H and O–H groups in total. The van der Waals surface area contributed by atoms with E-state index >= 15 is 0 Å². The van der Waals surface area contributed by atoms with Gasteiger partial charge in [-0.05, 0) is 55.9 Å². The minimum Gasteiger partial charge on any atom is -0.352 e. The van der Waals surface area contributed by atoms with Gasteiger partial charge in [0.1, 0.15) is 12.6 Å². The maximum absolute atomic E-state index is 13.6. The van der Waals surface area contributed by atoms with Crippen LogP contribution in [0.5, 0.6) is 0 Å². The van der Waals surface area contributed by atoms with Crippen molar-refractivity contribution in [3.63, 3.8) is 0 Å². The average Bonchev–Trinajstić information content (AvgIpc) is 2.80. The second kappa shape index (κ2) is 11.9. The Balaban J connectivity index is 2.39. The zero-order valence-corrected chi connectivity index (χ0v) is 23.6. The first kappa shape index (κ1) is 29.4. The summed E-state index contributed by atoms with van der Waals surface area (Å²) in [6, 6.07) is 14.1. The summed E-state index contributed by atoms with van der Waals surface area (Å²) < 4.78 is 26.6. The highest BCUT2D eigenvalue weighted by Gasteiger charge is 2.30. The standard InChI is InChI=1S/C28H41N3O4S/c1-9-21(3)29-27(33)22(4)30(18-23-12-10-20(2)11-13-23)26(32)19-31(36(8,34)35)25-16-14-24(15-17-25)28(5,6)7/h10-17,21-22H,9,18-19H2,1-8H3,(H,29,33). The highest BCUT2D eigenvalue weighted by atomic mass is 32.2. The second-order valence-electron chi connectivity index (χ2n) is 10.6. The molecule has 0 saturated heterocycles. The third-order valence-electron chi connectivity index (χ3n) is 6.34. The van der Waals surface area contributed by atoms with E-state index < -0.39 is 28.5 Å². The van der Waals surface area contributed by atoms with E-state index in [9.17, 15) is 18.0 Å². The molecule has 2 atom stereocenters. The van der Waals surface area contributed by atoms with E-state index in [4.69, 9.17) is 0 Å². The van der Waals surface area contributed by atoms with Gasteiger partial charge in [-0.1, -0.05) is 69.7 Å². The molecule has 0 spiro atoms. The molecule has 0 heterocycles. The van der Waals surface area contributed by atoms with Crippen molar-refractivity contribution < 1.29 is 18.0 Å². The quantitative estimate of drug-likeness (QED) is 0.508. The van der Waals surface area contributed by atoms with Crippen molar-refractivity contribution in [3.05, 3.63) is 65.2 Å². The predicted octanol–water partition coefficient (Wildman–Crippen LogP) is 4.39. The van der Waals surface area contributed by atoms with E-state index in [-0.39, 0.29) is 23.9 Å². The number of nitrogens with zero attached hydrogens (tertiary/aromatic N) is 2. The average molecular weight is 516 g/mol. The Morgan fingerprint density at radius 1 is 0.972 bits per heavy atom. The number of aryl methyl sites for hydroxylation is 1. The molecule has 36 heavy (non-hydrogen) atoms. The second-order valence-corrected chi connectivity index (χ2v) is 12.5. The van der Waals surface area contributed by atoms with Gasteiger partial charge >= 0.3 is 0 Å². The number of nitrogens with one attached hydrogen (secondary N) is 1. The van der Waals surface area contributed by atoms with Gasteiger partial charge in [0.25, 0.3) is 0 Å². The SMILES string of the molecule is CCC(C)NC(=O)C(C)N(Cc1ccc(C)cc1)C(=O)CN(c1ccc(C(C)(C)C)cc1)S(C)(=O)=O. The zero-order chi connectivity index (χ0) is 27.3. The third kappa shape index (κ3) is 8.08. The topological polar surface area (TPSA) is 86.8 Å². The van der Waals surface area contributed by atoms with Crippen molar-refractivity contribution in [2.45, 2.75) is 78.9 Å². The van der Waals surface area contributed by atoms with Gasteiger partial charge in [-0.25, -0.2) is 8.42 Å². The first-order chi connectivity index (χ1) is 16.6. The Morgan fingerprint density at radius 3 is 2.00 bits per heavy atom. The lowest BCUT2D eigenvalue weighted by Gasteiger charge is -2.32. The molecule has 0 aromatic heterocycles. The van der Waals surface area contributed by atoms with Gasteiger partial charge in [0.2, 0.25) is 21.8 Å². The Hall–Kier alpha value is -2.87. The van der Waals surface area contributed by atoms with Gasteiger partial charge < -0.3 is 10.2 Å². The van der Waals surface area contributed by atoms with Crippen LogP contribution in [0.4, 0.5) is 5.69 Å². The molecule has 7 nitrogen and oxygen atoms in total. The van der Waals surface area contributed by atoms with Crippen LogP contribution in [0.2, 0.25) is 0 Å². The van der Waals surface area contributed by atoms with Crippen LogP contribution in [0.25, 0.3) is 0 Å². The van der Waals surface area contributed by atoms with Gasteiger partial charge in [-0.15, -0.1) is 0 Å². The van der Waals surface area contributed by atoms with Crippen LogP contribution in [0.3, 0.4) is 0 Å². The van der Waals surface area contributed by atoms with Gasteiger partial charge in [-0.3, -0.25) is 13.9 Å². The number of benzene rings is 2. The van der Waals surface area contributed by atoms with Gasteiger partial charge in [0.05, 0.1) is 11.9 Å². The molecule has 0 fully saturated rings. The first-order valence-electron chi connectivity index (χ1n) is 12.4. The molecule has 0 radical (unpaired) electrons. The number of sulfonamides is 1. The summed E-state index contributed by atoms with van der Waals surface area (Å²) in [6.45, 7) is 13.5. The number of anilines is 1. The highest BCUT2D eigenvalue weighted by Crippen LogP contribution is 2.26. The normalized spacial score (nSPS) is 13.6. The molecular weight excluding hydrogens is 474 g/mol. The molecule has 0 bridgehead atoms. The first-order valence-corrected chi connectivity index (χ1v) is 14.2. The van der Waals surface area contributed by atoms with Crippen LogP contribution in [0.15, 0.2) is 48.5 Å². The fraction of sp³-hybridized carbons (Fsp3) is 0.500. The number of carbonyl (C=O) groups excluding carboxylic acids is 2. The Labute approximate surface area is 216 Å². The highest BCUT2D eigenvalue weighted by molar-refractivity contribution is 7.92. The molecular formula is C28H41N3O4S. The molecule has 2 rings (SSSR count). The third-order valence-corrected chi connectivity index (χ3v) is 7.48. The number of hydrogen-bond donors (Lipinski definition) is 1. The molecule has 0 aliphatic carbocycles.